The van der Waals surface area contributed by atoms with Crippen LogP contribution in [0.3, 0.4) is 0 Å². The molecule has 0 aliphatic rings. The minimum absolute atomic E-state index is 0.451. The Hall–Kier alpha value is -18.9. The smallest absolute Gasteiger partial charge is 0.163 e. The first-order valence-corrected chi connectivity index (χ1v) is 44.8. The molecule has 12 heteroatoms. The van der Waals surface area contributed by atoms with E-state index in [1.54, 1.807) is 0 Å². The Kier molecular flexibility index (Phi) is 22.0. The molecule has 0 spiro atoms. The van der Waals surface area contributed by atoms with Crippen LogP contribution in [0.25, 0.3) is 218 Å². The number of nitriles is 3. The van der Waals surface area contributed by atoms with Crippen LogP contribution in [0.15, 0.2) is 473 Å². The van der Waals surface area contributed by atoms with Crippen molar-refractivity contribution in [1.82, 2.24) is 43.6 Å². The number of rotatable bonds is 15. The third-order valence-corrected chi connectivity index (χ3v) is 24.8. The van der Waals surface area contributed by atoms with Gasteiger partial charge in [-0.15, -0.1) is 0 Å². The van der Waals surface area contributed by atoms with Crippen molar-refractivity contribution in [2.75, 3.05) is 0 Å². The zero-order valence-electron chi connectivity index (χ0n) is 72.9. The van der Waals surface area contributed by atoms with Gasteiger partial charge in [-0.25, -0.2) is 29.9 Å². The molecule has 0 aliphatic heterocycles. The lowest BCUT2D eigenvalue weighted by atomic mass is 9.95. The summed E-state index contributed by atoms with van der Waals surface area (Å²) in [6.07, 6.45) is 0. The van der Waals surface area contributed by atoms with E-state index in [4.69, 9.17) is 29.9 Å². The maximum atomic E-state index is 10.5. The quantitative estimate of drug-likeness (QED) is 0.0972. The van der Waals surface area contributed by atoms with Crippen molar-refractivity contribution in [2.45, 2.75) is 0 Å². The predicted molar refractivity (Wildman–Crippen MR) is 548 cm³/mol. The molecule has 0 N–H and O–H groups in total. The summed E-state index contributed by atoms with van der Waals surface area (Å²) in [6.45, 7) is 0. The fraction of sp³-hybridized carbons (Fsp3) is 0. The van der Waals surface area contributed by atoms with Crippen LogP contribution in [-0.2, 0) is 0 Å². The van der Waals surface area contributed by atoms with Crippen molar-refractivity contribution in [3.05, 3.63) is 490 Å². The summed E-state index contributed by atoms with van der Waals surface area (Å²) in [5.41, 5.74) is 29.0. The molecule has 0 amide bonds. The van der Waals surface area contributed by atoms with Crippen molar-refractivity contribution < 1.29 is 0 Å². The largest absolute Gasteiger partial charge is 0.309 e. The average Bonchev–Trinajstić information content (AvgIpc) is 1.79. The molecule has 24 rings (SSSR count). The zero-order valence-corrected chi connectivity index (χ0v) is 72.9. The molecule has 0 bridgehead atoms. The van der Waals surface area contributed by atoms with E-state index in [1.165, 1.54) is 32.3 Å². The Balaban J connectivity index is 0.000000118. The lowest BCUT2D eigenvalue weighted by Crippen LogP contribution is -2.05. The number of aromatic nitrogens is 9. The van der Waals surface area contributed by atoms with Crippen LogP contribution in [0.2, 0.25) is 0 Å². The van der Waals surface area contributed by atoms with Gasteiger partial charge in [-0.2, -0.15) is 15.8 Å². The minimum atomic E-state index is 0.451. The van der Waals surface area contributed by atoms with E-state index in [0.717, 1.165) is 134 Å². The Bertz CT molecular complexity index is 8350. The maximum Gasteiger partial charge on any atom is 0.163 e. The summed E-state index contributed by atoms with van der Waals surface area (Å²) in [5.74, 6) is 1.68. The summed E-state index contributed by atoms with van der Waals surface area (Å²) in [5, 5.41) is 38.5. The number of hydrogen-bond donors (Lipinski definition) is 0. The van der Waals surface area contributed by atoms with Gasteiger partial charge in [0.05, 0.1) is 89.9 Å². The van der Waals surface area contributed by atoms with Crippen molar-refractivity contribution >= 4 is 65.4 Å². The van der Waals surface area contributed by atoms with Gasteiger partial charge in [0.2, 0.25) is 0 Å². The lowest BCUT2D eigenvalue weighted by Gasteiger charge is -2.19. The van der Waals surface area contributed by atoms with Crippen molar-refractivity contribution in [2.24, 2.45) is 0 Å². The van der Waals surface area contributed by atoms with Crippen LogP contribution < -0.4 is 0 Å². The van der Waals surface area contributed by atoms with Gasteiger partial charge in [0.1, 0.15) is 34.9 Å². The van der Waals surface area contributed by atoms with Crippen LogP contribution in [0.4, 0.5) is 0 Å². The molecule has 24 aromatic rings. The SMILES string of the molecule is N#Cc1c(-c2ccccc2)nc(-c2c(-c3ccccc3)cccc2-n2c3ccccc3c3ccccc32)nc1-c1ccccc1.N#Cc1c(-c2ccccc2)nc(-c2ccc(-n3c4ccccc4c4ccccc43)c(-c3ccccc3)c2)nc1-c1ccccc1.N#Cc1c(-c2ccccc2)nc(-c2cccc(-c3ccccc3)c2-n2c3ccccc3c3ccccc32)nc1-c1ccccc1. The van der Waals surface area contributed by atoms with Gasteiger partial charge in [0.25, 0.3) is 0 Å². The average molecular weight is 1720 g/mol. The van der Waals surface area contributed by atoms with Gasteiger partial charge in [-0.05, 0) is 89.0 Å². The summed E-state index contributed by atoms with van der Waals surface area (Å²) in [4.78, 5) is 31.0. The zero-order chi connectivity index (χ0) is 90.5. The fourth-order valence-corrected chi connectivity index (χ4v) is 18.8. The molecular weight excluding hydrogens is 1650 g/mol. The first-order valence-electron chi connectivity index (χ1n) is 44.8. The van der Waals surface area contributed by atoms with Gasteiger partial charge in [-0.3, -0.25) is 0 Å². The summed E-state index contributed by atoms with van der Waals surface area (Å²) in [7, 11) is 0. The number of nitrogens with zero attached hydrogens (tertiary/aromatic N) is 12. The van der Waals surface area contributed by atoms with E-state index in [1.807, 2.05) is 200 Å². The fourth-order valence-electron chi connectivity index (χ4n) is 18.8. The predicted octanol–water partition coefficient (Wildman–Crippen LogP) is 30.3. The number of benzene rings is 18. The topological polar surface area (TPSA) is 164 Å². The maximum absolute atomic E-state index is 10.5. The lowest BCUT2D eigenvalue weighted by molar-refractivity contribution is 1.13. The van der Waals surface area contributed by atoms with E-state index in [0.29, 0.717) is 68.3 Å². The third-order valence-electron chi connectivity index (χ3n) is 24.8. The van der Waals surface area contributed by atoms with Crippen LogP contribution in [0, 0.1) is 34.0 Å². The molecule has 0 unspecified atom stereocenters. The van der Waals surface area contributed by atoms with Gasteiger partial charge in [0, 0.05) is 88.0 Å². The molecular formula is C123H78N12. The number of fused-ring (bicyclic) bond motifs is 9. The molecule has 0 saturated heterocycles. The van der Waals surface area contributed by atoms with E-state index >= 15 is 0 Å². The molecule has 0 fully saturated rings. The summed E-state index contributed by atoms with van der Waals surface area (Å²) in [6, 6.07) is 168. The second-order valence-corrected chi connectivity index (χ2v) is 32.7. The first-order chi connectivity index (χ1) is 66.9. The highest BCUT2D eigenvalue weighted by Crippen LogP contribution is 2.47. The molecule has 12 nitrogen and oxygen atoms in total. The third kappa shape index (κ3) is 15.3. The molecule has 0 atom stereocenters. The first kappa shape index (κ1) is 81.8. The number of para-hydroxylation sites is 7. The molecule has 0 saturated carbocycles. The molecule has 18 aromatic carbocycles. The van der Waals surface area contributed by atoms with E-state index in [2.05, 4.69) is 305 Å². The standard InChI is InChI=1S/3C41H26N4/c42-27-35-38(29-17-6-2-7-18-29)43-41(44-39(35)30-19-8-3-9-20-30)34-24-14-23-31(28-15-4-1-5-16-28)40(34)45-36-25-12-10-21-32(36)33-22-11-13-26-37(33)45;42-27-34-39(29-17-6-2-7-18-29)43-41(44-40(34)30-19-8-3-9-20-30)38-31(28-15-4-1-5-16-28)23-14-26-37(38)45-35-24-12-10-21-32(35)33-22-11-13-25-36(33)45;42-27-35-39(29-16-6-2-7-17-29)43-41(44-40(35)30-18-8-3-9-19-30)31-24-25-38(34(26-31)28-14-4-1-5-15-28)45-36-22-12-10-20-32(36)33-21-11-13-23-37(33)45/h3*1-26H. The second kappa shape index (κ2) is 36.3. The van der Waals surface area contributed by atoms with Crippen LogP contribution in [0.1, 0.15) is 16.7 Å². The second-order valence-electron chi connectivity index (χ2n) is 32.7. The van der Waals surface area contributed by atoms with E-state index in [9.17, 15) is 15.8 Å². The van der Waals surface area contributed by atoms with Crippen LogP contribution in [0.5, 0.6) is 0 Å². The van der Waals surface area contributed by atoms with Crippen molar-refractivity contribution in [3.63, 3.8) is 0 Å². The molecule has 6 aromatic heterocycles. The van der Waals surface area contributed by atoms with Gasteiger partial charge in [0.15, 0.2) is 17.5 Å². The summed E-state index contributed by atoms with van der Waals surface area (Å²) >= 11 is 0. The van der Waals surface area contributed by atoms with Gasteiger partial charge >= 0.3 is 0 Å². The van der Waals surface area contributed by atoms with Crippen LogP contribution in [-0.4, -0.2) is 43.6 Å². The van der Waals surface area contributed by atoms with Gasteiger partial charge < -0.3 is 13.7 Å². The Morgan fingerprint density at radius 1 is 0.170 bits per heavy atom. The van der Waals surface area contributed by atoms with E-state index < -0.39 is 0 Å². The monoisotopic (exact) mass is 1720 g/mol. The van der Waals surface area contributed by atoms with Crippen molar-refractivity contribution in [3.8, 4) is 170 Å². The van der Waals surface area contributed by atoms with Crippen molar-refractivity contribution in [1.29, 1.82) is 15.8 Å². The highest BCUT2D eigenvalue weighted by Gasteiger charge is 2.29. The van der Waals surface area contributed by atoms with E-state index in [-0.39, 0.29) is 0 Å². The van der Waals surface area contributed by atoms with Crippen LogP contribution >= 0.6 is 0 Å². The molecule has 0 radical (unpaired) electrons. The Labute approximate surface area is 779 Å². The molecule has 630 valence electrons. The highest BCUT2D eigenvalue weighted by atomic mass is 15.0. The summed E-state index contributed by atoms with van der Waals surface area (Å²) < 4.78 is 7.01. The Morgan fingerprint density at radius 3 is 0.741 bits per heavy atom. The van der Waals surface area contributed by atoms with Gasteiger partial charge in [-0.1, -0.05) is 406 Å². The normalized spacial score (nSPS) is 11.1. The highest BCUT2D eigenvalue weighted by molar-refractivity contribution is 6.13. The molecule has 135 heavy (non-hydrogen) atoms. The minimum Gasteiger partial charge on any atom is -0.309 e. The number of hydrogen-bond acceptors (Lipinski definition) is 9. The Morgan fingerprint density at radius 2 is 0.415 bits per heavy atom. The molecule has 6 heterocycles. The molecule has 0 aliphatic carbocycles.